The van der Waals surface area contributed by atoms with Gasteiger partial charge >= 0.3 is 0 Å². The number of rotatable bonds is 3. The number of hydrogen-bond donors (Lipinski definition) is 0. The molecule has 0 N–H and O–H groups in total. The van der Waals surface area contributed by atoms with Crippen LogP contribution in [0.25, 0.3) is 5.57 Å². The lowest BCUT2D eigenvalue weighted by molar-refractivity contribution is -0.123. The van der Waals surface area contributed by atoms with Crippen molar-refractivity contribution in [2.75, 3.05) is 18.5 Å². The fraction of sp³-hybridized carbons (Fsp3) is 0.312. The zero-order valence-corrected chi connectivity index (χ0v) is 13.3. The molecule has 1 fully saturated rings. The van der Waals surface area contributed by atoms with Gasteiger partial charge in [0.15, 0.2) is 0 Å². The zero-order valence-electron chi connectivity index (χ0n) is 12.5. The zero-order chi connectivity index (χ0) is 15.9. The van der Waals surface area contributed by atoms with Crippen LogP contribution in [0.2, 0.25) is 0 Å². The Labute approximate surface area is 133 Å². The second-order valence-corrected chi connectivity index (χ2v) is 6.23. The first kappa shape index (κ1) is 14.8. The van der Waals surface area contributed by atoms with Crippen LogP contribution in [0.5, 0.6) is 0 Å². The molecule has 2 aliphatic heterocycles. The van der Waals surface area contributed by atoms with Gasteiger partial charge in [-0.3, -0.25) is 19.3 Å². The van der Waals surface area contributed by atoms with Crippen LogP contribution in [0.1, 0.15) is 25.3 Å². The van der Waals surface area contributed by atoms with Crippen molar-refractivity contribution in [2.24, 2.45) is 0 Å². The summed E-state index contributed by atoms with van der Waals surface area (Å²) in [6.45, 7) is 2.41. The molecule has 0 atom stereocenters. The summed E-state index contributed by atoms with van der Waals surface area (Å²) < 4.78 is 0. The highest BCUT2D eigenvalue weighted by Gasteiger charge is 2.42. The van der Waals surface area contributed by atoms with Crippen LogP contribution in [-0.2, 0) is 9.59 Å². The SMILES string of the molecule is CCCCN1C(=O)S/C(=C2\C(=O)N(C)c3ccccc32)C1=O. The minimum absolute atomic E-state index is 0.234. The van der Waals surface area contributed by atoms with Crippen LogP contribution in [0.15, 0.2) is 29.2 Å². The molecule has 0 bridgehead atoms. The quantitative estimate of drug-likeness (QED) is 0.805. The molecular formula is C16H16N2O3S. The minimum atomic E-state index is -0.350. The topological polar surface area (TPSA) is 57.7 Å². The van der Waals surface area contributed by atoms with Crippen molar-refractivity contribution in [3.63, 3.8) is 0 Å². The lowest BCUT2D eigenvalue weighted by Gasteiger charge is -2.11. The predicted molar refractivity (Wildman–Crippen MR) is 86.4 cm³/mol. The van der Waals surface area contributed by atoms with Crippen molar-refractivity contribution >= 4 is 40.1 Å². The Morgan fingerprint density at radius 1 is 1.09 bits per heavy atom. The molecule has 0 unspecified atom stereocenters. The summed E-state index contributed by atoms with van der Waals surface area (Å²) >= 11 is 0.868. The van der Waals surface area contributed by atoms with E-state index in [1.165, 1.54) is 9.80 Å². The normalized spacial score (nSPS) is 21.1. The molecule has 114 valence electrons. The summed E-state index contributed by atoms with van der Waals surface area (Å²) in [5.41, 5.74) is 1.83. The van der Waals surface area contributed by atoms with Gasteiger partial charge in [0, 0.05) is 19.2 Å². The predicted octanol–water partition coefficient (Wildman–Crippen LogP) is 2.87. The van der Waals surface area contributed by atoms with E-state index in [0.29, 0.717) is 12.1 Å². The van der Waals surface area contributed by atoms with Crippen LogP contribution >= 0.6 is 11.8 Å². The maximum absolute atomic E-state index is 12.5. The van der Waals surface area contributed by atoms with Crippen molar-refractivity contribution < 1.29 is 14.4 Å². The van der Waals surface area contributed by atoms with Gasteiger partial charge in [-0.2, -0.15) is 0 Å². The van der Waals surface area contributed by atoms with E-state index in [4.69, 9.17) is 0 Å². The average Bonchev–Trinajstić information content (AvgIpc) is 2.93. The average molecular weight is 316 g/mol. The number of amides is 3. The number of anilines is 1. The van der Waals surface area contributed by atoms with Gasteiger partial charge in [-0.15, -0.1) is 0 Å². The molecule has 1 aromatic carbocycles. The molecular weight excluding hydrogens is 300 g/mol. The number of hydrogen-bond acceptors (Lipinski definition) is 4. The van der Waals surface area contributed by atoms with Gasteiger partial charge in [0.1, 0.15) is 0 Å². The highest BCUT2D eigenvalue weighted by molar-refractivity contribution is 8.18. The highest BCUT2D eigenvalue weighted by atomic mass is 32.2. The number of thioether (sulfide) groups is 1. The molecule has 0 aliphatic carbocycles. The number of unbranched alkanes of at least 4 members (excludes halogenated alkanes) is 1. The first-order chi connectivity index (χ1) is 10.6. The summed E-state index contributed by atoms with van der Waals surface area (Å²) in [6.07, 6.45) is 1.67. The fourth-order valence-corrected chi connectivity index (χ4v) is 3.60. The van der Waals surface area contributed by atoms with Crippen molar-refractivity contribution in [1.29, 1.82) is 0 Å². The number of fused-ring (bicyclic) bond motifs is 1. The standard InChI is InChI=1S/C16H16N2O3S/c1-3-4-9-18-15(20)13(22-16(18)21)12-10-7-5-6-8-11(10)17(2)14(12)19/h5-8H,3-4,9H2,1-2H3/b13-12-. The summed E-state index contributed by atoms with van der Waals surface area (Å²) in [5, 5.41) is -0.291. The molecule has 22 heavy (non-hydrogen) atoms. The van der Waals surface area contributed by atoms with E-state index in [1.807, 2.05) is 31.2 Å². The molecule has 0 aromatic heterocycles. The number of benzene rings is 1. The van der Waals surface area contributed by atoms with E-state index < -0.39 is 0 Å². The largest absolute Gasteiger partial charge is 0.311 e. The molecule has 2 heterocycles. The second kappa shape index (κ2) is 5.61. The number of likely N-dealkylation sites (N-methyl/N-ethyl adjacent to an activating group) is 1. The molecule has 0 spiro atoms. The number of carbonyl (C=O) groups excluding carboxylic acids is 3. The van der Waals surface area contributed by atoms with Gasteiger partial charge in [-0.1, -0.05) is 31.5 Å². The van der Waals surface area contributed by atoms with Gasteiger partial charge in [-0.25, -0.2) is 0 Å². The molecule has 3 amide bonds. The van der Waals surface area contributed by atoms with Gasteiger partial charge < -0.3 is 4.90 Å². The van der Waals surface area contributed by atoms with Crippen LogP contribution in [0.4, 0.5) is 10.5 Å². The highest BCUT2D eigenvalue weighted by Crippen LogP contribution is 2.43. The lowest BCUT2D eigenvalue weighted by atomic mass is 10.1. The van der Waals surface area contributed by atoms with Gasteiger partial charge in [-0.05, 0) is 24.2 Å². The van der Waals surface area contributed by atoms with Crippen LogP contribution in [0.3, 0.4) is 0 Å². The van der Waals surface area contributed by atoms with E-state index in [0.717, 1.165) is 35.9 Å². The first-order valence-corrected chi connectivity index (χ1v) is 8.03. The van der Waals surface area contributed by atoms with Crippen LogP contribution < -0.4 is 4.90 Å². The fourth-order valence-electron chi connectivity index (χ4n) is 2.65. The molecule has 0 radical (unpaired) electrons. The molecule has 3 rings (SSSR count). The summed E-state index contributed by atoms with van der Waals surface area (Å²) in [7, 11) is 1.68. The summed E-state index contributed by atoms with van der Waals surface area (Å²) in [5.74, 6) is -0.584. The first-order valence-electron chi connectivity index (χ1n) is 7.21. The van der Waals surface area contributed by atoms with Crippen molar-refractivity contribution in [2.45, 2.75) is 19.8 Å². The Hall–Kier alpha value is -2.08. The van der Waals surface area contributed by atoms with Gasteiger partial charge in [0.2, 0.25) is 0 Å². The Morgan fingerprint density at radius 3 is 2.55 bits per heavy atom. The van der Waals surface area contributed by atoms with Crippen molar-refractivity contribution in [3.05, 3.63) is 34.7 Å². The monoisotopic (exact) mass is 316 g/mol. The van der Waals surface area contributed by atoms with Crippen LogP contribution in [0, 0.1) is 0 Å². The maximum Gasteiger partial charge on any atom is 0.293 e. The Kier molecular flexibility index (Phi) is 3.78. The smallest absolute Gasteiger partial charge is 0.293 e. The lowest BCUT2D eigenvalue weighted by Crippen LogP contribution is -2.29. The number of carbonyl (C=O) groups is 3. The molecule has 5 nitrogen and oxygen atoms in total. The third-order valence-corrected chi connectivity index (χ3v) is 4.84. The van der Waals surface area contributed by atoms with E-state index >= 15 is 0 Å². The molecule has 0 saturated carbocycles. The number of para-hydroxylation sites is 1. The van der Waals surface area contributed by atoms with E-state index in [2.05, 4.69) is 0 Å². The molecule has 1 saturated heterocycles. The Morgan fingerprint density at radius 2 is 1.82 bits per heavy atom. The van der Waals surface area contributed by atoms with Gasteiger partial charge in [0.05, 0.1) is 16.2 Å². The van der Waals surface area contributed by atoms with Crippen molar-refractivity contribution in [3.8, 4) is 0 Å². The second-order valence-electron chi connectivity index (χ2n) is 5.26. The van der Waals surface area contributed by atoms with Gasteiger partial charge in [0.25, 0.3) is 17.1 Å². The summed E-state index contributed by atoms with van der Waals surface area (Å²) in [6, 6.07) is 7.32. The van der Waals surface area contributed by atoms with E-state index in [9.17, 15) is 14.4 Å². The number of imide groups is 1. The Bertz CT molecular complexity index is 711. The molecule has 6 heteroatoms. The minimum Gasteiger partial charge on any atom is -0.311 e. The molecule has 1 aromatic rings. The maximum atomic E-state index is 12.5. The third kappa shape index (κ3) is 2.14. The van der Waals surface area contributed by atoms with E-state index in [-0.39, 0.29) is 22.0 Å². The van der Waals surface area contributed by atoms with E-state index in [1.54, 1.807) is 7.05 Å². The Balaban J connectivity index is 2.06. The number of nitrogens with zero attached hydrogens (tertiary/aromatic N) is 2. The summed E-state index contributed by atoms with van der Waals surface area (Å²) in [4.78, 5) is 40.1. The third-order valence-electron chi connectivity index (χ3n) is 3.86. The van der Waals surface area contributed by atoms with Crippen molar-refractivity contribution in [1.82, 2.24) is 4.90 Å². The molecule has 2 aliphatic rings. The van der Waals surface area contributed by atoms with Crippen LogP contribution in [-0.4, -0.2) is 35.5 Å².